The van der Waals surface area contributed by atoms with Crippen LogP contribution in [0.4, 0.5) is 0 Å². The van der Waals surface area contributed by atoms with Gasteiger partial charge in [0.1, 0.15) is 5.01 Å². The fraction of sp³-hybridized carbons (Fsp3) is 0.824. The van der Waals surface area contributed by atoms with Crippen LogP contribution < -0.4 is 5.32 Å². The number of hydrogen-bond donors (Lipinski definition) is 1. The predicted octanol–water partition coefficient (Wildman–Crippen LogP) is 5.28. The van der Waals surface area contributed by atoms with Gasteiger partial charge in [0.15, 0.2) is 0 Å². The maximum absolute atomic E-state index is 4.92. The Morgan fingerprint density at radius 2 is 1.75 bits per heavy atom. The minimum atomic E-state index is 0.464. The highest BCUT2D eigenvalue weighted by Gasteiger charge is 2.27. The van der Waals surface area contributed by atoms with Crippen molar-refractivity contribution in [3.8, 4) is 0 Å². The molecule has 114 valence electrons. The van der Waals surface area contributed by atoms with Gasteiger partial charge in [-0.05, 0) is 24.7 Å². The zero-order chi connectivity index (χ0) is 14.5. The molecule has 0 saturated heterocycles. The molecule has 3 heteroatoms. The van der Waals surface area contributed by atoms with Gasteiger partial charge in [-0.25, -0.2) is 4.98 Å². The highest BCUT2D eigenvalue weighted by Crippen LogP contribution is 2.35. The lowest BCUT2D eigenvalue weighted by atomic mass is 9.91. The molecule has 0 spiro atoms. The summed E-state index contributed by atoms with van der Waals surface area (Å²) in [5.74, 6) is 1.31. The van der Waals surface area contributed by atoms with Crippen molar-refractivity contribution in [3.05, 3.63) is 16.1 Å². The molecule has 1 atom stereocenters. The zero-order valence-electron chi connectivity index (χ0n) is 13.5. The summed E-state index contributed by atoms with van der Waals surface area (Å²) < 4.78 is 0. The smallest absolute Gasteiger partial charge is 0.110 e. The van der Waals surface area contributed by atoms with Gasteiger partial charge >= 0.3 is 0 Å². The van der Waals surface area contributed by atoms with Crippen LogP contribution in [0.2, 0.25) is 0 Å². The third-order valence-corrected chi connectivity index (χ3v) is 5.23. The van der Waals surface area contributed by atoms with Crippen molar-refractivity contribution in [1.82, 2.24) is 10.3 Å². The van der Waals surface area contributed by atoms with Crippen LogP contribution in [0.3, 0.4) is 0 Å². The van der Waals surface area contributed by atoms with E-state index in [1.165, 1.54) is 49.2 Å². The second-order valence-electron chi connectivity index (χ2n) is 6.82. The average molecular weight is 295 g/mol. The zero-order valence-corrected chi connectivity index (χ0v) is 14.3. The summed E-state index contributed by atoms with van der Waals surface area (Å²) in [4.78, 5) is 4.92. The summed E-state index contributed by atoms with van der Waals surface area (Å²) in [6.07, 6.45) is 8.34. The molecule has 2 rings (SSSR count). The lowest BCUT2D eigenvalue weighted by Gasteiger charge is -2.27. The van der Waals surface area contributed by atoms with Crippen LogP contribution in [-0.2, 0) is 0 Å². The molecular formula is C17H30N2S. The van der Waals surface area contributed by atoms with E-state index in [-0.39, 0.29) is 0 Å². The number of aromatic nitrogens is 1. The molecule has 20 heavy (non-hydrogen) atoms. The Morgan fingerprint density at radius 1 is 1.10 bits per heavy atom. The fourth-order valence-electron chi connectivity index (χ4n) is 3.12. The van der Waals surface area contributed by atoms with Gasteiger partial charge < -0.3 is 5.32 Å². The van der Waals surface area contributed by atoms with E-state index in [1.54, 1.807) is 0 Å². The molecule has 1 aromatic rings. The lowest BCUT2D eigenvalue weighted by molar-refractivity contribution is 0.306. The van der Waals surface area contributed by atoms with Crippen molar-refractivity contribution in [1.29, 1.82) is 0 Å². The Labute approximate surface area is 128 Å². The highest BCUT2D eigenvalue weighted by molar-refractivity contribution is 7.09. The van der Waals surface area contributed by atoms with Crippen LogP contribution in [-0.4, -0.2) is 11.0 Å². The van der Waals surface area contributed by atoms with E-state index in [9.17, 15) is 0 Å². The van der Waals surface area contributed by atoms with Crippen LogP contribution in [0.5, 0.6) is 0 Å². The number of hydrogen-bond acceptors (Lipinski definition) is 3. The van der Waals surface area contributed by atoms with Crippen molar-refractivity contribution < 1.29 is 0 Å². The number of rotatable bonds is 5. The quantitative estimate of drug-likeness (QED) is 0.748. The largest absolute Gasteiger partial charge is 0.305 e. The summed E-state index contributed by atoms with van der Waals surface area (Å²) in [5, 5.41) is 7.36. The molecule has 1 aliphatic rings. The Bertz CT molecular complexity index is 389. The van der Waals surface area contributed by atoms with Crippen molar-refractivity contribution in [2.45, 2.75) is 84.2 Å². The van der Waals surface area contributed by atoms with Gasteiger partial charge in [0.2, 0.25) is 0 Å². The second-order valence-corrected chi connectivity index (χ2v) is 7.71. The number of thiazole rings is 1. The van der Waals surface area contributed by atoms with Crippen LogP contribution in [0.25, 0.3) is 0 Å². The van der Waals surface area contributed by atoms with Gasteiger partial charge in [0, 0.05) is 11.4 Å². The van der Waals surface area contributed by atoms with Crippen LogP contribution >= 0.6 is 11.3 Å². The standard InChI is InChI=1S/C17H30N2S/c1-12(2)15-11-20-17(19-15)16(18-13(3)4)14-9-7-5-6-8-10-14/h11-14,16,18H,5-10H2,1-4H3. The molecule has 1 unspecified atom stereocenters. The number of nitrogens with zero attached hydrogens (tertiary/aromatic N) is 1. The van der Waals surface area contributed by atoms with Crippen LogP contribution in [0, 0.1) is 5.92 Å². The molecule has 2 nitrogen and oxygen atoms in total. The Morgan fingerprint density at radius 3 is 2.25 bits per heavy atom. The molecule has 1 heterocycles. The molecule has 1 saturated carbocycles. The molecule has 1 aromatic heterocycles. The molecule has 0 bridgehead atoms. The minimum absolute atomic E-state index is 0.464. The monoisotopic (exact) mass is 294 g/mol. The van der Waals surface area contributed by atoms with Gasteiger partial charge in [-0.3, -0.25) is 0 Å². The lowest BCUT2D eigenvalue weighted by Crippen LogP contribution is -2.33. The van der Waals surface area contributed by atoms with E-state index in [1.807, 2.05) is 11.3 Å². The average Bonchev–Trinajstić information content (AvgIpc) is 2.72. The molecule has 0 radical (unpaired) electrons. The summed E-state index contributed by atoms with van der Waals surface area (Å²) >= 11 is 1.85. The van der Waals surface area contributed by atoms with E-state index in [2.05, 4.69) is 38.4 Å². The highest BCUT2D eigenvalue weighted by atomic mass is 32.1. The van der Waals surface area contributed by atoms with Crippen LogP contribution in [0.1, 0.15) is 88.9 Å². The Balaban J connectivity index is 2.16. The van der Waals surface area contributed by atoms with Crippen molar-refractivity contribution in [3.63, 3.8) is 0 Å². The molecule has 0 amide bonds. The first-order chi connectivity index (χ1) is 9.58. The molecule has 1 aliphatic carbocycles. The van der Waals surface area contributed by atoms with E-state index < -0.39 is 0 Å². The third-order valence-electron chi connectivity index (χ3n) is 4.28. The fourth-order valence-corrected chi connectivity index (χ4v) is 4.25. The van der Waals surface area contributed by atoms with E-state index in [4.69, 9.17) is 4.98 Å². The molecule has 1 fully saturated rings. The normalized spacial score (nSPS) is 19.5. The van der Waals surface area contributed by atoms with Gasteiger partial charge in [0.05, 0.1) is 11.7 Å². The SMILES string of the molecule is CC(C)NC(c1nc(C(C)C)cs1)C1CCCCCC1. The number of nitrogens with one attached hydrogen (secondary N) is 1. The molecule has 0 aliphatic heterocycles. The third kappa shape index (κ3) is 4.29. The molecule has 1 N–H and O–H groups in total. The summed E-state index contributed by atoms with van der Waals surface area (Å²) in [7, 11) is 0. The van der Waals surface area contributed by atoms with E-state index in [0.717, 1.165) is 5.92 Å². The second kappa shape index (κ2) is 7.56. The maximum atomic E-state index is 4.92. The first kappa shape index (κ1) is 16.0. The maximum Gasteiger partial charge on any atom is 0.110 e. The predicted molar refractivity (Wildman–Crippen MR) is 88.4 cm³/mol. The first-order valence-electron chi connectivity index (χ1n) is 8.29. The molecular weight excluding hydrogens is 264 g/mol. The van der Waals surface area contributed by atoms with Crippen molar-refractivity contribution in [2.75, 3.05) is 0 Å². The molecule has 0 aromatic carbocycles. The van der Waals surface area contributed by atoms with Gasteiger partial charge in [0.25, 0.3) is 0 Å². The van der Waals surface area contributed by atoms with E-state index in [0.29, 0.717) is 18.0 Å². The van der Waals surface area contributed by atoms with Crippen molar-refractivity contribution >= 4 is 11.3 Å². The van der Waals surface area contributed by atoms with E-state index >= 15 is 0 Å². The van der Waals surface area contributed by atoms with Crippen molar-refractivity contribution in [2.24, 2.45) is 5.92 Å². The summed E-state index contributed by atoms with van der Waals surface area (Å²) in [6, 6.07) is 0.986. The summed E-state index contributed by atoms with van der Waals surface area (Å²) in [5.41, 5.74) is 1.26. The first-order valence-corrected chi connectivity index (χ1v) is 9.17. The van der Waals surface area contributed by atoms with Gasteiger partial charge in [-0.15, -0.1) is 11.3 Å². The van der Waals surface area contributed by atoms with Gasteiger partial charge in [-0.1, -0.05) is 53.4 Å². The summed E-state index contributed by atoms with van der Waals surface area (Å²) in [6.45, 7) is 8.96. The topological polar surface area (TPSA) is 24.9 Å². The minimum Gasteiger partial charge on any atom is -0.305 e. The van der Waals surface area contributed by atoms with Crippen LogP contribution in [0.15, 0.2) is 5.38 Å². The Hall–Kier alpha value is -0.410. The Kier molecular flexibility index (Phi) is 6.03. The van der Waals surface area contributed by atoms with Gasteiger partial charge in [-0.2, -0.15) is 0 Å².